The highest BCUT2D eigenvalue weighted by molar-refractivity contribution is 6.19. The van der Waals surface area contributed by atoms with Crippen LogP contribution in [0, 0.1) is 11.2 Å². The fraction of sp³-hybridized carbons (Fsp3) is 0.348. The number of amides is 1. The lowest BCUT2D eigenvalue weighted by Gasteiger charge is -2.35. The van der Waals surface area contributed by atoms with Crippen LogP contribution in [-0.2, 0) is 4.79 Å². The van der Waals surface area contributed by atoms with Crippen LogP contribution in [0.5, 0.6) is 0 Å². The van der Waals surface area contributed by atoms with Crippen molar-refractivity contribution in [1.82, 2.24) is 14.5 Å². The van der Waals surface area contributed by atoms with E-state index in [0.29, 0.717) is 29.0 Å². The van der Waals surface area contributed by atoms with Crippen molar-refractivity contribution in [3.05, 3.63) is 70.5 Å². The van der Waals surface area contributed by atoms with E-state index >= 15 is 0 Å². The molecule has 0 aliphatic carbocycles. The van der Waals surface area contributed by atoms with E-state index in [1.54, 1.807) is 36.9 Å². The summed E-state index contributed by atoms with van der Waals surface area (Å²) in [5.74, 6) is 0.0566. The van der Waals surface area contributed by atoms with Gasteiger partial charge in [0, 0.05) is 12.4 Å². The van der Waals surface area contributed by atoms with E-state index in [9.17, 15) is 14.0 Å². The molecule has 0 radical (unpaired) electrons. The summed E-state index contributed by atoms with van der Waals surface area (Å²) in [5.41, 5.74) is 0.00234. The lowest BCUT2D eigenvalue weighted by atomic mass is 9.93. The van der Waals surface area contributed by atoms with E-state index < -0.39 is 17.3 Å². The van der Waals surface area contributed by atoms with Crippen molar-refractivity contribution in [2.24, 2.45) is 5.41 Å². The third-order valence-corrected chi connectivity index (χ3v) is 5.91. The van der Waals surface area contributed by atoms with Crippen LogP contribution in [0.4, 0.5) is 4.39 Å². The van der Waals surface area contributed by atoms with Crippen LogP contribution in [0.2, 0.25) is 0 Å². The van der Waals surface area contributed by atoms with Crippen LogP contribution < -0.4 is 5.56 Å². The van der Waals surface area contributed by atoms with Crippen LogP contribution in [-0.4, -0.2) is 32.8 Å². The highest BCUT2D eigenvalue weighted by Gasteiger charge is 2.35. The van der Waals surface area contributed by atoms with Crippen LogP contribution in [0.15, 0.2) is 53.3 Å². The van der Waals surface area contributed by atoms with Gasteiger partial charge in [-0.15, -0.1) is 11.6 Å². The standard InChI is InChI=1S/C23H25ClFN3O2/c1-5-27(22(30)23(3,4)14-24)15(2)20-26-19-9-7-6-8-18(19)21(29)28(20)17-12-10-16(25)11-13-17/h6-13,15H,5,14H2,1-4H3. The van der Waals surface area contributed by atoms with Crippen molar-refractivity contribution in [3.63, 3.8) is 0 Å². The molecule has 0 bridgehead atoms. The van der Waals surface area contributed by atoms with Crippen molar-refractivity contribution in [3.8, 4) is 5.69 Å². The summed E-state index contributed by atoms with van der Waals surface area (Å²) < 4.78 is 15.0. The number of aromatic nitrogens is 2. The van der Waals surface area contributed by atoms with Gasteiger partial charge >= 0.3 is 0 Å². The number of halogens is 2. The molecule has 3 aromatic rings. The first-order chi connectivity index (χ1) is 14.2. The SMILES string of the molecule is CCN(C(=O)C(C)(C)CCl)C(C)c1nc2ccccc2c(=O)n1-c1ccc(F)cc1. The smallest absolute Gasteiger partial charge is 0.266 e. The fourth-order valence-electron chi connectivity index (χ4n) is 3.45. The Morgan fingerprint density at radius 2 is 1.83 bits per heavy atom. The molecule has 0 fully saturated rings. The average molecular weight is 430 g/mol. The van der Waals surface area contributed by atoms with Crippen LogP contribution >= 0.6 is 11.6 Å². The Labute approximate surface area is 180 Å². The summed E-state index contributed by atoms with van der Waals surface area (Å²) in [6.07, 6.45) is 0. The summed E-state index contributed by atoms with van der Waals surface area (Å²) in [7, 11) is 0. The Morgan fingerprint density at radius 1 is 1.20 bits per heavy atom. The molecule has 1 aromatic heterocycles. The molecule has 1 amide bonds. The number of nitrogens with zero attached hydrogens (tertiary/aromatic N) is 3. The van der Waals surface area contributed by atoms with Gasteiger partial charge in [-0.1, -0.05) is 12.1 Å². The maximum Gasteiger partial charge on any atom is 0.266 e. The molecule has 3 rings (SSSR count). The van der Waals surface area contributed by atoms with E-state index in [1.165, 1.54) is 28.8 Å². The van der Waals surface area contributed by atoms with Gasteiger partial charge in [-0.2, -0.15) is 0 Å². The van der Waals surface area contributed by atoms with Crippen molar-refractivity contribution < 1.29 is 9.18 Å². The Balaban J connectivity index is 2.25. The number of benzene rings is 2. The first-order valence-corrected chi connectivity index (χ1v) is 10.4. The predicted octanol–water partition coefficient (Wildman–Crippen LogP) is 4.70. The van der Waals surface area contributed by atoms with Gasteiger partial charge in [-0.3, -0.25) is 14.2 Å². The quantitative estimate of drug-likeness (QED) is 0.534. The Hall–Kier alpha value is -2.73. The molecule has 7 heteroatoms. The molecule has 1 heterocycles. The normalized spacial score (nSPS) is 12.7. The lowest BCUT2D eigenvalue weighted by Crippen LogP contribution is -2.44. The molecule has 158 valence electrons. The summed E-state index contributed by atoms with van der Waals surface area (Å²) >= 11 is 6.03. The highest BCUT2D eigenvalue weighted by atomic mass is 35.5. The second-order valence-corrected chi connectivity index (χ2v) is 8.16. The number of carbonyl (C=O) groups is 1. The Morgan fingerprint density at radius 3 is 2.43 bits per heavy atom. The van der Waals surface area contributed by atoms with Crippen LogP contribution in [0.25, 0.3) is 16.6 Å². The molecule has 0 saturated heterocycles. The largest absolute Gasteiger partial charge is 0.333 e. The second kappa shape index (κ2) is 8.56. The van der Waals surface area contributed by atoms with E-state index in [2.05, 4.69) is 0 Å². The summed E-state index contributed by atoms with van der Waals surface area (Å²) in [4.78, 5) is 32.9. The Bertz CT molecular complexity index is 1130. The maximum atomic E-state index is 13.5. The maximum absolute atomic E-state index is 13.5. The topological polar surface area (TPSA) is 55.2 Å². The number of alkyl halides is 1. The van der Waals surface area contributed by atoms with Gasteiger partial charge in [0.15, 0.2) is 0 Å². The van der Waals surface area contributed by atoms with E-state index in [1.807, 2.05) is 19.9 Å². The molecule has 30 heavy (non-hydrogen) atoms. The minimum Gasteiger partial charge on any atom is -0.333 e. The molecule has 1 unspecified atom stereocenters. The van der Waals surface area contributed by atoms with Crippen molar-refractivity contribution in [1.29, 1.82) is 0 Å². The first kappa shape index (κ1) is 22.0. The monoisotopic (exact) mass is 429 g/mol. The number of hydrogen-bond acceptors (Lipinski definition) is 3. The molecule has 0 aliphatic heterocycles. The zero-order chi connectivity index (χ0) is 22.1. The number of carbonyl (C=O) groups excluding carboxylic acids is 1. The number of hydrogen-bond donors (Lipinski definition) is 0. The number of para-hydroxylation sites is 1. The van der Waals surface area contributed by atoms with Crippen molar-refractivity contribution in [2.45, 2.75) is 33.7 Å². The third kappa shape index (κ3) is 3.97. The summed E-state index contributed by atoms with van der Waals surface area (Å²) in [5, 5.41) is 0.452. The summed E-state index contributed by atoms with van der Waals surface area (Å²) in [6, 6.07) is 12.2. The minimum absolute atomic E-state index is 0.124. The van der Waals surface area contributed by atoms with Crippen LogP contribution in [0.3, 0.4) is 0 Å². The van der Waals surface area contributed by atoms with Gasteiger partial charge in [0.05, 0.1) is 28.0 Å². The molecule has 0 saturated carbocycles. The zero-order valence-corrected chi connectivity index (χ0v) is 18.3. The van der Waals surface area contributed by atoms with Crippen LogP contribution in [0.1, 0.15) is 39.6 Å². The molecule has 0 N–H and O–H groups in total. The predicted molar refractivity (Wildman–Crippen MR) is 118 cm³/mol. The molecule has 0 spiro atoms. The minimum atomic E-state index is -0.760. The van der Waals surface area contributed by atoms with Gasteiger partial charge in [0.25, 0.3) is 5.56 Å². The van der Waals surface area contributed by atoms with E-state index in [0.717, 1.165) is 0 Å². The first-order valence-electron chi connectivity index (χ1n) is 9.86. The van der Waals surface area contributed by atoms with Gasteiger partial charge in [0.2, 0.25) is 5.91 Å². The van der Waals surface area contributed by atoms with Gasteiger partial charge in [-0.25, -0.2) is 9.37 Å². The fourth-order valence-corrected chi connectivity index (χ4v) is 3.56. The summed E-state index contributed by atoms with van der Waals surface area (Å²) in [6.45, 7) is 7.71. The molecule has 5 nitrogen and oxygen atoms in total. The molecule has 1 atom stereocenters. The molecule has 2 aromatic carbocycles. The lowest BCUT2D eigenvalue weighted by molar-refractivity contribution is -0.141. The Kier molecular flexibility index (Phi) is 6.27. The average Bonchev–Trinajstić information content (AvgIpc) is 2.74. The second-order valence-electron chi connectivity index (χ2n) is 7.89. The highest BCUT2D eigenvalue weighted by Crippen LogP contribution is 2.28. The van der Waals surface area contributed by atoms with Crippen molar-refractivity contribution in [2.75, 3.05) is 12.4 Å². The van der Waals surface area contributed by atoms with E-state index in [4.69, 9.17) is 16.6 Å². The molecule has 0 aliphatic rings. The number of fused-ring (bicyclic) bond motifs is 1. The molecular weight excluding hydrogens is 405 g/mol. The number of rotatable bonds is 6. The van der Waals surface area contributed by atoms with Gasteiger partial charge in [0.1, 0.15) is 11.6 Å². The third-order valence-electron chi connectivity index (χ3n) is 5.24. The molecular formula is C23H25ClFN3O2. The van der Waals surface area contributed by atoms with Gasteiger partial charge in [-0.05, 0) is 64.1 Å². The zero-order valence-electron chi connectivity index (χ0n) is 17.5. The van der Waals surface area contributed by atoms with Crippen molar-refractivity contribution >= 4 is 28.4 Å². The van der Waals surface area contributed by atoms with Gasteiger partial charge < -0.3 is 4.90 Å². The van der Waals surface area contributed by atoms with E-state index in [-0.39, 0.29) is 17.3 Å².